The fraction of sp³-hybridized carbons (Fsp3) is 0.400. The first kappa shape index (κ1) is 16.9. The molecule has 22 heavy (non-hydrogen) atoms. The molecule has 1 aromatic carbocycles. The summed E-state index contributed by atoms with van der Waals surface area (Å²) in [5, 5.41) is 5.87. The molecule has 0 bridgehead atoms. The lowest BCUT2D eigenvalue weighted by atomic mass is 10.00. The molecule has 0 aliphatic rings. The first-order valence-electron chi connectivity index (χ1n) is 6.91. The van der Waals surface area contributed by atoms with E-state index in [-0.39, 0.29) is 10.3 Å². The van der Waals surface area contributed by atoms with Crippen LogP contribution in [-0.2, 0) is 10.0 Å². The maximum Gasteiger partial charge on any atom is 0.249 e. The van der Waals surface area contributed by atoms with Crippen molar-refractivity contribution >= 4 is 26.5 Å². The highest BCUT2D eigenvalue weighted by Gasteiger charge is 2.22. The van der Waals surface area contributed by atoms with Crippen LogP contribution in [0.2, 0.25) is 0 Å². The molecule has 0 saturated heterocycles. The van der Waals surface area contributed by atoms with Crippen molar-refractivity contribution in [3.05, 3.63) is 40.6 Å². The van der Waals surface area contributed by atoms with Crippen LogP contribution in [0, 0.1) is 20.8 Å². The molecule has 0 aliphatic heterocycles. The number of aryl methyl sites for hydroxylation is 3. The second kappa shape index (κ2) is 5.98. The predicted octanol–water partition coefficient (Wildman–Crippen LogP) is 2.91. The highest BCUT2D eigenvalue weighted by Crippen LogP contribution is 2.33. The molecule has 1 heterocycles. The highest BCUT2D eigenvalue weighted by atomic mass is 32.2. The molecule has 2 rings (SSSR count). The van der Waals surface area contributed by atoms with Gasteiger partial charge in [-0.1, -0.05) is 35.1 Å². The van der Waals surface area contributed by atoms with E-state index in [1.807, 2.05) is 11.9 Å². The fourth-order valence-electron chi connectivity index (χ4n) is 2.45. The van der Waals surface area contributed by atoms with Gasteiger partial charge in [0, 0.05) is 7.05 Å². The van der Waals surface area contributed by atoms with Crippen LogP contribution in [0.5, 0.6) is 0 Å². The highest BCUT2D eigenvalue weighted by molar-refractivity contribution is 7.91. The minimum absolute atomic E-state index is 0.0829. The Balaban J connectivity index is 2.37. The van der Waals surface area contributed by atoms with E-state index in [1.165, 1.54) is 16.7 Å². The minimum Gasteiger partial charge on any atom is -0.344 e. The molecule has 0 fully saturated rings. The standard InChI is InChI=1S/C15H21N3O2S2/c1-9-6-7-13(10(2)8-9)12(4)18(5)15-17-11(3)14(21-15)22(16,19)20/h6-8,12H,1-5H3,(H2,16,19,20). The van der Waals surface area contributed by atoms with Crippen LogP contribution in [-0.4, -0.2) is 20.4 Å². The van der Waals surface area contributed by atoms with E-state index in [0.717, 1.165) is 11.3 Å². The molecule has 2 aromatic rings. The van der Waals surface area contributed by atoms with Gasteiger partial charge < -0.3 is 4.90 Å². The number of thiazole rings is 1. The number of nitrogens with two attached hydrogens (primary N) is 1. The summed E-state index contributed by atoms with van der Waals surface area (Å²) in [7, 11) is -1.81. The van der Waals surface area contributed by atoms with Crippen LogP contribution in [0.4, 0.5) is 5.13 Å². The van der Waals surface area contributed by atoms with E-state index in [1.54, 1.807) is 6.92 Å². The van der Waals surface area contributed by atoms with E-state index in [9.17, 15) is 8.42 Å². The van der Waals surface area contributed by atoms with Gasteiger partial charge in [-0.05, 0) is 38.8 Å². The van der Waals surface area contributed by atoms with Gasteiger partial charge in [-0.2, -0.15) is 0 Å². The summed E-state index contributed by atoms with van der Waals surface area (Å²) in [5.41, 5.74) is 4.07. The normalized spacial score (nSPS) is 13.2. The largest absolute Gasteiger partial charge is 0.344 e. The Morgan fingerprint density at radius 2 is 1.91 bits per heavy atom. The van der Waals surface area contributed by atoms with E-state index in [2.05, 4.69) is 44.0 Å². The second-order valence-corrected chi connectivity index (χ2v) is 8.30. The molecular formula is C15H21N3O2S2. The molecule has 1 unspecified atom stereocenters. The Labute approximate surface area is 135 Å². The lowest BCUT2D eigenvalue weighted by Crippen LogP contribution is -2.22. The first-order chi connectivity index (χ1) is 10.1. The number of hydrogen-bond acceptors (Lipinski definition) is 5. The quantitative estimate of drug-likeness (QED) is 0.929. The molecule has 2 N–H and O–H groups in total. The van der Waals surface area contributed by atoms with Crippen LogP contribution in [0.1, 0.15) is 35.3 Å². The summed E-state index contributed by atoms with van der Waals surface area (Å²) in [6.07, 6.45) is 0. The van der Waals surface area contributed by atoms with Crippen molar-refractivity contribution in [2.24, 2.45) is 5.14 Å². The molecular weight excluding hydrogens is 318 g/mol. The Kier molecular flexibility index (Phi) is 4.60. The monoisotopic (exact) mass is 339 g/mol. The number of sulfonamides is 1. The summed E-state index contributed by atoms with van der Waals surface area (Å²) in [6, 6.07) is 6.41. The van der Waals surface area contributed by atoms with Crippen molar-refractivity contribution in [1.82, 2.24) is 4.98 Å². The second-order valence-electron chi connectivity index (χ2n) is 5.56. The third-order valence-corrected chi connectivity index (χ3v) is 6.56. The fourth-order valence-corrected chi connectivity index (χ4v) is 4.44. The molecule has 5 nitrogen and oxygen atoms in total. The van der Waals surface area contributed by atoms with Crippen molar-refractivity contribution < 1.29 is 8.42 Å². The van der Waals surface area contributed by atoms with Gasteiger partial charge in [0.1, 0.15) is 0 Å². The number of anilines is 1. The van der Waals surface area contributed by atoms with Crippen LogP contribution in [0.15, 0.2) is 22.4 Å². The van der Waals surface area contributed by atoms with Crippen LogP contribution >= 0.6 is 11.3 Å². The lowest BCUT2D eigenvalue weighted by Gasteiger charge is -2.26. The van der Waals surface area contributed by atoms with Gasteiger partial charge in [-0.3, -0.25) is 0 Å². The van der Waals surface area contributed by atoms with E-state index >= 15 is 0 Å². The molecule has 7 heteroatoms. The third kappa shape index (κ3) is 3.31. The molecule has 0 aliphatic carbocycles. The first-order valence-corrected chi connectivity index (χ1v) is 9.27. The van der Waals surface area contributed by atoms with E-state index in [4.69, 9.17) is 5.14 Å². The zero-order valence-electron chi connectivity index (χ0n) is 13.4. The van der Waals surface area contributed by atoms with Crippen molar-refractivity contribution in [2.45, 2.75) is 37.9 Å². The average Bonchev–Trinajstić information content (AvgIpc) is 2.79. The number of rotatable bonds is 4. The average molecular weight is 339 g/mol. The van der Waals surface area contributed by atoms with Gasteiger partial charge >= 0.3 is 0 Å². The van der Waals surface area contributed by atoms with Crippen LogP contribution in [0.3, 0.4) is 0 Å². The number of benzene rings is 1. The molecule has 0 spiro atoms. The van der Waals surface area contributed by atoms with E-state index < -0.39 is 10.0 Å². The number of primary sulfonamides is 1. The molecule has 120 valence electrons. The molecule has 0 radical (unpaired) electrons. The van der Waals surface area contributed by atoms with Gasteiger partial charge in [0.15, 0.2) is 9.34 Å². The summed E-state index contributed by atoms with van der Waals surface area (Å²) >= 11 is 1.11. The van der Waals surface area contributed by atoms with Crippen molar-refractivity contribution in [1.29, 1.82) is 0 Å². The molecule has 1 atom stereocenters. The molecule has 0 saturated carbocycles. The zero-order valence-corrected chi connectivity index (χ0v) is 15.0. The van der Waals surface area contributed by atoms with E-state index in [0.29, 0.717) is 10.8 Å². The van der Waals surface area contributed by atoms with Gasteiger partial charge in [0.05, 0.1) is 11.7 Å². The Morgan fingerprint density at radius 1 is 1.27 bits per heavy atom. The molecule has 0 amide bonds. The summed E-state index contributed by atoms with van der Waals surface area (Å²) < 4.78 is 23.2. The van der Waals surface area contributed by atoms with Gasteiger partial charge in [-0.25, -0.2) is 18.5 Å². The van der Waals surface area contributed by atoms with Gasteiger partial charge in [0.25, 0.3) is 0 Å². The Bertz CT molecular complexity index is 797. The Hall–Kier alpha value is -1.44. The summed E-state index contributed by atoms with van der Waals surface area (Å²) in [6.45, 7) is 7.88. The third-order valence-electron chi connectivity index (χ3n) is 3.76. The van der Waals surface area contributed by atoms with Crippen LogP contribution in [0.25, 0.3) is 0 Å². The maximum atomic E-state index is 11.6. The van der Waals surface area contributed by atoms with Gasteiger partial charge in [-0.15, -0.1) is 0 Å². The summed E-state index contributed by atoms with van der Waals surface area (Å²) in [4.78, 5) is 6.33. The summed E-state index contributed by atoms with van der Waals surface area (Å²) in [5.74, 6) is 0. The van der Waals surface area contributed by atoms with Crippen molar-refractivity contribution in [3.63, 3.8) is 0 Å². The van der Waals surface area contributed by atoms with Crippen LogP contribution < -0.4 is 10.0 Å². The smallest absolute Gasteiger partial charge is 0.249 e. The number of nitrogens with zero attached hydrogens (tertiary/aromatic N) is 2. The topological polar surface area (TPSA) is 76.3 Å². The van der Waals surface area contributed by atoms with Crippen molar-refractivity contribution in [2.75, 3.05) is 11.9 Å². The SMILES string of the molecule is Cc1ccc(C(C)N(C)c2nc(C)c(S(N)(=O)=O)s2)c(C)c1. The maximum absolute atomic E-state index is 11.6. The van der Waals surface area contributed by atoms with Crippen molar-refractivity contribution in [3.8, 4) is 0 Å². The zero-order chi connectivity index (χ0) is 16.7. The number of aromatic nitrogens is 1. The number of hydrogen-bond donors (Lipinski definition) is 1. The lowest BCUT2D eigenvalue weighted by molar-refractivity contribution is 0.599. The van der Waals surface area contributed by atoms with Gasteiger partial charge in [0.2, 0.25) is 10.0 Å². The molecule has 1 aromatic heterocycles. The predicted molar refractivity (Wildman–Crippen MR) is 91.0 cm³/mol. The minimum atomic E-state index is -3.72. The Morgan fingerprint density at radius 3 is 2.41 bits per heavy atom.